The van der Waals surface area contributed by atoms with Crippen LogP contribution in [0.4, 0.5) is 0 Å². The summed E-state index contributed by atoms with van der Waals surface area (Å²) in [6.07, 6.45) is 2.53. The van der Waals surface area contributed by atoms with Crippen molar-refractivity contribution in [1.82, 2.24) is 9.80 Å². The molecule has 2 N–H and O–H groups in total. The van der Waals surface area contributed by atoms with Gasteiger partial charge in [-0.15, -0.1) is 0 Å². The summed E-state index contributed by atoms with van der Waals surface area (Å²) in [5, 5.41) is 19.8. The molecule has 0 unspecified atom stereocenters. The second-order valence-corrected chi connectivity index (χ2v) is 6.89. The summed E-state index contributed by atoms with van der Waals surface area (Å²) in [6.45, 7) is 4.57. The van der Waals surface area contributed by atoms with E-state index in [-0.39, 0.29) is 36.1 Å². The van der Waals surface area contributed by atoms with E-state index in [0.717, 1.165) is 0 Å². The lowest BCUT2D eigenvalue weighted by molar-refractivity contribution is 0.0306. The third-order valence-corrected chi connectivity index (χ3v) is 4.80. The molecular weight excluding hydrogens is 396 g/mol. The molecule has 10 nitrogen and oxygen atoms in total. The zero-order chi connectivity index (χ0) is 21.3. The number of hydrogen-bond donors (Lipinski definition) is 2. The quantitative estimate of drug-likeness (QED) is 0.713. The SMILES string of the molecule is O=c1ccoc(CN2CCOCCN(Cc3occc(=O)c3O)CCOCC2)c1O. The minimum atomic E-state index is -0.474. The standard InChI is InChI=1S/C20H26N2O8/c23-15-1-7-29-17(19(15)25)13-21-3-9-27-11-5-22(6-12-28-10-4-21)14-18-20(26)16(24)2-8-30-18/h1-2,7-8,25-26H,3-6,9-14H2. The Morgan fingerprint density at radius 3 is 1.43 bits per heavy atom. The van der Waals surface area contributed by atoms with Gasteiger partial charge in [0.2, 0.25) is 22.4 Å². The minimum Gasteiger partial charge on any atom is -0.502 e. The molecule has 30 heavy (non-hydrogen) atoms. The first-order chi connectivity index (χ1) is 14.5. The van der Waals surface area contributed by atoms with Crippen LogP contribution in [0.25, 0.3) is 0 Å². The molecule has 1 saturated heterocycles. The highest BCUT2D eigenvalue weighted by Crippen LogP contribution is 2.15. The normalized spacial score (nSPS) is 17.9. The van der Waals surface area contributed by atoms with Gasteiger partial charge in [-0.25, -0.2) is 0 Å². The molecule has 1 aliphatic heterocycles. The molecule has 0 amide bonds. The Bertz CT molecular complexity index is 838. The third kappa shape index (κ3) is 6.17. The maximum Gasteiger partial charge on any atom is 0.226 e. The van der Waals surface area contributed by atoms with Gasteiger partial charge in [-0.1, -0.05) is 0 Å². The van der Waals surface area contributed by atoms with E-state index >= 15 is 0 Å². The molecule has 0 atom stereocenters. The van der Waals surface area contributed by atoms with Crippen LogP contribution in [0.1, 0.15) is 11.5 Å². The van der Waals surface area contributed by atoms with Crippen LogP contribution in [0, 0.1) is 0 Å². The van der Waals surface area contributed by atoms with Gasteiger partial charge in [0.05, 0.1) is 52.0 Å². The van der Waals surface area contributed by atoms with Crippen molar-refractivity contribution in [3.63, 3.8) is 0 Å². The Balaban J connectivity index is 1.54. The van der Waals surface area contributed by atoms with E-state index in [0.29, 0.717) is 52.6 Å². The average Bonchev–Trinajstić information content (AvgIpc) is 2.72. The molecule has 3 rings (SSSR count). The fourth-order valence-corrected chi connectivity index (χ4v) is 3.05. The van der Waals surface area contributed by atoms with E-state index in [1.165, 1.54) is 24.7 Å². The minimum absolute atomic E-state index is 0.213. The number of aromatic hydroxyl groups is 2. The van der Waals surface area contributed by atoms with Crippen molar-refractivity contribution in [2.24, 2.45) is 0 Å². The van der Waals surface area contributed by atoms with Crippen LogP contribution in [0.3, 0.4) is 0 Å². The smallest absolute Gasteiger partial charge is 0.226 e. The molecule has 3 heterocycles. The van der Waals surface area contributed by atoms with Crippen molar-refractivity contribution in [2.45, 2.75) is 13.1 Å². The van der Waals surface area contributed by atoms with Crippen molar-refractivity contribution < 1.29 is 28.5 Å². The molecule has 0 spiro atoms. The molecule has 0 radical (unpaired) electrons. The van der Waals surface area contributed by atoms with Gasteiger partial charge in [-0.05, 0) is 0 Å². The summed E-state index contributed by atoms with van der Waals surface area (Å²) < 4.78 is 22.0. The maximum absolute atomic E-state index is 11.6. The van der Waals surface area contributed by atoms with Gasteiger partial charge >= 0.3 is 0 Å². The van der Waals surface area contributed by atoms with Gasteiger partial charge in [0, 0.05) is 38.3 Å². The number of rotatable bonds is 4. The van der Waals surface area contributed by atoms with Gasteiger partial charge < -0.3 is 28.5 Å². The molecule has 0 saturated carbocycles. The van der Waals surface area contributed by atoms with Crippen LogP contribution in [0.15, 0.2) is 43.1 Å². The van der Waals surface area contributed by atoms with Crippen LogP contribution in [0.5, 0.6) is 11.5 Å². The molecule has 0 aromatic carbocycles. The lowest BCUT2D eigenvalue weighted by Gasteiger charge is -2.25. The largest absolute Gasteiger partial charge is 0.502 e. The highest BCUT2D eigenvalue weighted by molar-refractivity contribution is 5.23. The summed E-state index contributed by atoms with van der Waals surface area (Å²) in [6, 6.07) is 2.35. The molecule has 0 aliphatic carbocycles. The van der Waals surface area contributed by atoms with E-state index in [1.54, 1.807) is 0 Å². The fraction of sp³-hybridized carbons (Fsp3) is 0.500. The third-order valence-electron chi connectivity index (χ3n) is 4.80. The molecule has 1 fully saturated rings. The summed E-state index contributed by atoms with van der Waals surface area (Å²) >= 11 is 0. The second kappa shape index (κ2) is 10.9. The van der Waals surface area contributed by atoms with E-state index in [4.69, 9.17) is 18.3 Å². The summed E-state index contributed by atoms with van der Waals surface area (Å²) in [5.41, 5.74) is -0.947. The Morgan fingerprint density at radius 2 is 1.07 bits per heavy atom. The van der Waals surface area contributed by atoms with Crippen molar-refractivity contribution in [2.75, 3.05) is 52.6 Å². The first-order valence-corrected chi connectivity index (χ1v) is 9.74. The second-order valence-electron chi connectivity index (χ2n) is 6.89. The topological polar surface area (TPSA) is 126 Å². The van der Waals surface area contributed by atoms with E-state index < -0.39 is 10.9 Å². The summed E-state index contributed by atoms with van der Waals surface area (Å²) in [4.78, 5) is 27.1. The van der Waals surface area contributed by atoms with Crippen molar-refractivity contribution >= 4 is 0 Å². The Labute approximate surface area is 172 Å². The van der Waals surface area contributed by atoms with Crippen LogP contribution in [0.2, 0.25) is 0 Å². The van der Waals surface area contributed by atoms with Crippen LogP contribution < -0.4 is 10.9 Å². The lowest BCUT2D eigenvalue weighted by atomic mass is 10.3. The lowest BCUT2D eigenvalue weighted by Crippen LogP contribution is -2.35. The molecule has 2 aromatic rings. The van der Waals surface area contributed by atoms with Gasteiger partial charge in [-0.2, -0.15) is 0 Å². The number of nitrogens with zero attached hydrogens (tertiary/aromatic N) is 2. The fourth-order valence-electron chi connectivity index (χ4n) is 3.05. The van der Waals surface area contributed by atoms with Crippen molar-refractivity contribution in [3.05, 3.63) is 56.6 Å². The average molecular weight is 422 g/mol. The molecule has 2 aromatic heterocycles. The zero-order valence-corrected chi connectivity index (χ0v) is 16.6. The number of hydrogen-bond acceptors (Lipinski definition) is 10. The highest BCUT2D eigenvalue weighted by atomic mass is 16.5. The first kappa shape index (κ1) is 22.0. The predicted molar refractivity (Wildman–Crippen MR) is 105 cm³/mol. The zero-order valence-electron chi connectivity index (χ0n) is 16.6. The predicted octanol–water partition coefficient (Wildman–Crippen LogP) is 0.355. The van der Waals surface area contributed by atoms with Crippen LogP contribution in [-0.2, 0) is 22.6 Å². The Morgan fingerprint density at radius 1 is 0.700 bits per heavy atom. The van der Waals surface area contributed by atoms with E-state index in [9.17, 15) is 19.8 Å². The van der Waals surface area contributed by atoms with E-state index in [2.05, 4.69) is 0 Å². The monoisotopic (exact) mass is 422 g/mol. The van der Waals surface area contributed by atoms with Crippen molar-refractivity contribution in [1.29, 1.82) is 0 Å². The molecule has 0 bridgehead atoms. The van der Waals surface area contributed by atoms with Crippen LogP contribution >= 0.6 is 0 Å². The molecular formula is C20H26N2O8. The molecule has 164 valence electrons. The molecule has 10 heteroatoms. The maximum atomic E-state index is 11.6. The molecule has 1 aliphatic rings. The Kier molecular flexibility index (Phi) is 8.03. The van der Waals surface area contributed by atoms with Gasteiger partial charge in [0.15, 0.2) is 11.5 Å². The van der Waals surface area contributed by atoms with E-state index in [1.807, 2.05) is 9.80 Å². The van der Waals surface area contributed by atoms with Gasteiger partial charge in [0.25, 0.3) is 0 Å². The first-order valence-electron chi connectivity index (χ1n) is 9.74. The summed E-state index contributed by atoms with van der Waals surface area (Å²) in [7, 11) is 0. The van der Waals surface area contributed by atoms with Crippen LogP contribution in [-0.4, -0.2) is 72.6 Å². The van der Waals surface area contributed by atoms with Gasteiger partial charge in [-0.3, -0.25) is 19.4 Å². The van der Waals surface area contributed by atoms with Crippen molar-refractivity contribution in [3.8, 4) is 11.5 Å². The van der Waals surface area contributed by atoms with Gasteiger partial charge in [0.1, 0.15) is 0 Å². The summed E-state index contributed by atoms with van der Waals surface area (Å²) in [5.74, 6) is -0.330. The highest BCUT2D eigenvalue weighted by Gasteiger charge is 2.16. The Hall–Kier alpha value is -2.66. The number of ether oxygens (including phenoxy) is 2.